The van der Waals surface area contributed by atoms with Crippen LogP contribution in [0.1, 0.15) is 6.92 Å². The van der Waals surface area contributed by atoms with Crippen LogP contribution in [0.2, 0.25) is 0 Å². The van der Waals surface area contributed by atoms with Gasteiger partial charge in [0, 0.05) is 18.3 Å². The lowest BCUT2D eigenvalue weighted by Gasteiger charge is -2.20. The van der Waals surface area contributed by atoms with Gasteiger partial charge in [0.05, 0.1) is 12.4 Å². The van der Waals surface area contributed by atoms with E-state index >= 15 is 0 Å². The number of ether oxygens (including phenoxy) is 1. The Labute approximate surface area is 162 Å². The van der Waals surface area contributed by atoms with Gasteiger partial charge in [-0.25, -0.2) is 4.68 Å². The molecule has 27 heavy (non-hydrogen) atoms. The summed E-state index contributed by atoms with van der Waals surface area (Å²) >= 11 is 1.27. The third-order valence-corrected chi connectivity index (χ3v) is 5.16. The Kier molecular flexibility index (Phi) is 5.66. The maximum atomic E-state index is 12.7. The average molecular weight is 383 g/mol. The maximum Gasteiger partial charge on any atom is 0.240 e. The van der Waals surface area contributed by atoms with Gasteiger partial charge in [0.2, 0.25) is 11.1 Å². The molecule has 1 amide bonds. The summed E-state index contributed by atoms with van der Waals surface area (Å²) < 4.78 is 6.56. The van der Waals surface area contributed by atoms with Crippen molar-refractivity contribution in [3.63, 3.8) is 0 Å². The van der Waals surface area contributed by atoms with Crippen LogP contribution in [-0.4, -0.2) is 40.2 Å². The maximum absolute atomic E-state index is 12.7. The molecule has 3 rings (SSSR count). The molecule has 1 heterocycles. The molecule has 0 aliphatic rings. The van der Waals surface area contributed by atoms with Crippen LogP contribution in [-0.2, 0) is 4.79 Å². The molecular weight excluding hydrogens is 362 g/mol. The van der Waals surface area contributed by atoms with Crippen LogP contribution in [0.4, 0.5) is 5.69 Å². The van der Waals surface area contributed by atoms with E-state index in [1.165, 1.54) is 16.4 Å². The molecule has 8 heteroatoms. The molecule has 0 aliphatic heterocycles. The second-order valence-corrected chi connectivity index (χ2v) is 7.21. The van der Waals surface area contributed by atoms with Gasteiger partial charge in [-0.05, 0) is 43.3 Å². The van der Waals surface area contributed by atoms with Crippen LogP contribution >= 0.6 is 11.8 Å². The lowest BCUT2D eigenvalue weighted by Crippen LogP contribution is -2.33. The Morgan fingerprint density at radius 1 is 1.15 bits per heavy atom. The lowest BCUT2D eigenvalue weighted by atomic mass is 10.2. The zero-order valence-electron chi connectivity index (χ0n) is 15.4. The fourth-order valence-corrected chi connectivity index (χ4v) is 3.42. The monoisotopic (exact) mass is 383 g/mol. The number of nitrogen functional groups attached to an aromatic ring is 1. The Morgan fingerprint density at radius 3 is 2.44 bits per heavy atom. The molecule has 1 aromatic heterocycles. The number of carbonyl (C=O) groups excluding carboxylic acids is 1. The number of amides is 1. The first-order valence-corrected chi connectivity index (χ1v) is 9.23. The first-order chi connectivity index (χ1) is 13.0. The van der Waals surface area contributed by atoms with Gasteiger partial charge in [-0.15, -0.1) is 10.2 Å². The average Bonchev–Trinajstić information content (AvgIpc) is 3.07. The Morgan fingerprint density at radius 2 is 1.81 bits per heavy atom. The highest BCUT2D eigenvalue weighted by atomic mass is 32.2. The lowest BCUT2D eigenvalue weighted by molar-refractivity contribution is -0.117. The van der Waals surface area contributed by atoms with E-state index in [1.807, 2.05) is 61.5 Å². The molecule has 0 saturated heterocycles. The fraction of sp³-hybridized carbons (Fsp3) is 0.211. The highest BCUT2D eigenvalue weighted by Gasteiger charge is 2.23. The number of nitrogens with two attached hydrogens (primary N) is 1. The molecule has 3 aromatic rings. The number of anilines is 1. The predicted molar refractivity (Wildman–Crippen MR) is 107 cm³/mol. The summed E-state index contributed by atoms with van der Waals surface area (Å²) in [6.07, 6.45) is 0. The van der Waals surface area contributed by atoms with Crippen LogP contribution in [0, 0.1) is 0 Å². The summed E-state index contributed by atoms with van der Waals surface area (Å²) in [5.74, 6) is 7.39. The number of thioether (sulfide) groups is 1. The number of nitrogens with zero attached hydrogens (tertiary/aromatic N) is 4. The van der Waals surface area contributed by atoms with Crippen LogP contribution in [0.3, 0.4) is 0 Å². The minimum atomic E-state index is -0.370. The van der Waals surface area contributed by atoms with Crippen molar-refractivity contribution >= 4 is 23.4 Å². The standard InChI is InChI=1S/C19H21N5O2S/c1-13(18(25)23(2)15-7-5-4-6-8-15)27-19-22-21-17(24(19)20)14-9-11-16(26-3)12-10-14/h4-13H,20H2,1-3H3/t13-/m1/s1. The summed E-state index contributed by atoms with van der Waals surface area (Å²) in [6, 6.07) is 16.9. The third-order valence-electron chi connectivity index (χ3n) is 4.12. The molecule has 0 aliphatic carbocycles. The molecule has 0 saturated carbocycles. The van der Waals surface area contributed by atoms with E-state index in [9.17, 15) is 4.79 Å². The van der Waals surface area contributed by atoms with Gasteiger partial charge in [0.25, 0.3) is 0 Å². The van der Waals surface area contributed by atoms with Crippen LogP contribution in [0.5, 0.6) is 5.75 Å². The first-order valence-electron chi connectivity index (χ1n) is 8.35. The van der Waals surface area contributed by atoms with Crippen molar-refractivity contribution in [2.45, 2.75) is 17.3 Å². The Balaban J connectivity index is 1.74. The zero-order valence-corrected chi connectivity index (χ0v) is 16.2. The van der Waals surface area contributed by atoms with E-state index in [0.717, 1.165) is 17.0 Å². The van der Waals surface area contributed by atoms with Crippen molar-refractivity contribution in [3.05, 3.63) is 54.6 Å². The normalized spacial score (nSPS) is 11.8. The van der Waals surface area contributed by atoms with E-state index in [0.29, 0.717) is 11.0 Å². The van der Waals surface area contributed by atoms with Crippen molar-refractivity contribution in [3.8, 4) is 17.1 Å². The first kappa shape index (κ1) is 18.8. The quantitative estimate of drug-likeness (QED) is 0.520. The number of aromatic nitrogens is 3. The molecular formula is C19H21N5O2S. The molecule has 0 spiro atoms. The number of rotatable bonds is 6. The minimum absolute atomic E-state index is 0.0415. The number of para-hydroxylation sites is 1. The Hall–Kier alpha value is -3.00. The summed E-state index contributed by atoms with van der Waals surface area (Å²) in [5.41, 5.74) is 1.65. The molecule has 0 unspecified atom stereocenters. The number of hydrogen-bond acceptors (Lipinski definition) is 6. The van der Waals surface area contributed by atoms with Gasteiger partial charge in [-0.3, -0.25) is 4.79 Å². The minimum Gasteiger partial charge on any atom is -0.497 e. The number of methoxy groups -OCH3 is 1. The second-order valence-electron chi connectivity index (χ2n) is 5.90. The molecule has 1 atom stereocenters. The van der Waals surface area contributed by atoms with Crippen molar-refractivity contribution in [1.82, 2.24) is 14.9 Å². The molecule has 0 bridgehead atoms. The highest BCUT2D eigenvalue weighted by molar-refractivity contribution is 8.00. The molecule has 7 nitrogen and oxygen atoms in total. The molecule has 140 valence electrons. The van der Waals surface area contributed by atoms with Crippen molar-refractivity contribution < 1.29 is 9.53 Å². The van der Waals surface area contributed by atoms with Gasteiger partial charge in [0.1, 0.15) is 5.75 Å². The van der Waals surface area contributed by atoms with Crippen LogP contribution in [0.15, 0.2) is 59.8 Å². The van der Waals surface area contributed by atoms with E-state index < -0.39 is 0 Å². The Bertz CT molecular complexity index is 912. The molecule has 0 fully saturated rings. The van der Waals surface area contributed by atoms with E-state index in [2.05, 4.69) is 10.2 Å². The van der Waals surface area contributed by atoms with Gasteiger partial charge < -0.3 is 15.5 Å². The molecule has 2 N–H and O–H groups in total. The second kappa shape index (κ2) is 8.13. The van der Waals surface area contributed by atoms with Gasteiger partial charge >= 0.3 is 0 Å². The number of benzene rings is 2. The summed E-state index contributed by atoms with van der Waals surface area (Å²) in [4.78, 5) is 14.3. The summed E-state index contributed by atoms with van der Waals surface area (Å²) in [5, 5.41) is 8.40. The zero-order chi connectivity index (χ0) is 19.4. The largest absolute Gasteiger partial charge is 0.497 e. The van der Waals surface area contributed by atoms with E-state index in [1.54, 1.807) is 19.1 Å². The summed E-state index contributed by atoms with van der Waals surface area (Å²) in [7, 11) is 3.37. The van der Waals surface area contributed by atoms with Crippen LogP contribution in [0.25, 0.3) is 11.4 Å². The topological polar surface area (TPSA) is 86.3 Å². The van der Waals surface area contributed by atoms with E-state index in [-0.39, 0.29) is 11.2 Å². The van der Waals surface area contributed by atoms with Crippen molar-refractivity contribution in [1.29, 1.82) is 0 Å². The van der Waals surface area contributed by atoms with Gasteiger partial charge in [-0.1, -0.05) is 30.0 Å². The fourth-order valence-electron chi connectivity index (χ4n) is 2.55. The highest BCUT2D eigenvalue weighted by Crippen LogP contribution is 2.27. The summed E-state index contributed by atoms with van der Waals surface area (Å²) in [6.45, 7) is 1.83. The van der Waals surface area contributed by atoms with E-state index in [4.69, 9.17) is 10.6 Å². The molecule has 0 radical (unpaired) electrons. The van der Waals surface area contributed by atoms with Gasteiger partial charge in [-0.2, -0.15) is 0 Å². The van der Waals surface area contributed by atoms with Gasteiger partial charge in [0.15, 0.2) is 5.82 Å². The predicted octanol–water partition coefficient (Wildman–Crippen LogP) is 2.81. The number of carbonyl (C=O) groups is 1. The third kappa shape index (κ3) is 4.06. The molecule has 2 aromatic carbocycles. The van der Waals surface area contributed by atoms with Crippen LogP contribution < -0.4 is 15.5 Å². The smallest absolute Gasteiger partial charge is 0.240 e. The van der Waals surface area contributed by atoms with Crippen molar-refractivity contribution in [2.75, 3.05) is 24.9 Å². The SMILES string of the molecule is COc1ccc(-c2nnc(S[C@H](C)C(=O)N(C)c3ccccc3)n2N)cc1. The number of hydrogen-bond donors (Lipinski definition) is 1. The van der Waals surface area contributed by atoms with Crippen molar-refractivity contribution in [2.24, 2.45) is 0 Å².